The molecule has 3 rings (SSSR count). The van der Waals surface area contributed by atoms with Crippen molar-refractivity contribution in [2.75, 3.05) is 6.54 Å². The number of hydrogen-bond donors (Lipinski definition) is 1. The molecule has 22 heavy (non-hydrogen) atoms. The molecule has 2 aliphatic rings. The maximum Gasteiger partial charge on any atom is 0.227 e. The number of aryl methyl sites for hydroxylation is 1. The van der Waals surface area contributed by atoms with Crippen LogP contribution in [0.1, 0.15) is 49.7 Å². The van der Waals surface area contributed by atoms with Crippen LogP contribution in [0.2, 0.25) is 0 Å². The van der Waals surface area contributed by atoms with Crippen LogP contribution in [0.5, 0.6) is 0 Å². The van der Waals surface area contributed by atoms with Gasteiger partial charge in [0.25, 0.3) is 0 Å². The summed E-state index contributed by atoms with van der Waals surface area (Å²) in [6.07, 6.45) is 9.93. The summed E-state index contributed by atoms with van der Waals surface area (Å²) >= 11 is 0. The van der Waals surface area contributed by atoms with Gasteiger partial charge in [0.05, 0.1) is 6.42 Å². The third-order valence-corrected chi connectivity index (χ3v) is 4.03. The first-order valence-corrected chi connectivity index (χ1v) is 7.66. The summed E-state index contributed by atoms with van der Waals surface area (Å²) < 4.78 is 1.70. The quantitative estimate of drug-likeness (QED) is 0.735. The maximum atomic E-state index is 12.0. The Kier molecular flexibility index (Phi) is 3.92. The third-order valence-electron chi connectivity index (χ3n) is 4.03. The Morgan fingerprint density at radius 3 is 2.86 bits per heavy atom. The van der Waals surface area contributed by atoms with E-state index < -0.39 is 0 Å². The minimum atomic E-state index is -0.344. The molecule has 7 heteroatoms. The smallest absolute Gasteiger partial charge is 0.227 e. The van der Waals surface area contributed by atoms with Gasteiger partial charge >= 0.3 is 0 Å². The van der Waals surface area contributed by atoms with Crippen LogP contribution >= 0.6 is 0 Å². The molecule has 1 N–H and O–H groups in total. The molecule has 0 radical (unpaired) electrons. The van der Waals surface area contributed by atoms with Crippen LogP contribution < -0.4 is 5.32 Å². The van der Waals surface area contributed by atoms with Crippen LogP contribution in [0.4, 0.5) is 0 Å². The van der Waals surface area contributed by atoms with Crippen molar-refractivity contribution >= 4 is 5.91 Å². The van der Waals surface area contributed by atoms with E-state index in [4.69, 9.17) is 6.42 Å². The molecular formula is C15H20N6O. The molecule has 1 aliphatic carbocycles. The van der Waals surface area contributed by atoms with Gasteiger partial charge in [-0.1, -0.05) is 0 Å². The lowest BCUT2D eigenvalue weighted by atomic mass is 10.0. The predicted molar refractivity (Wildman–Crippen MR) is 80.0 cm³/mol. The number of amides is 1. The van der Waals surface area contributed by atoms with Crippen molar-refractivity contribution in [3.05, 3.63) is 11.6 Å². The van der Waals surface area contributed by atoms with E-state index in [1.54, 1.807) is 4.68 Å². The number of carbonyl (C=O) groups is 1. The van der Waals surface area contributed by atoms with Gasteiger partial charge in [-0.15, -0.1) is 12.3 Å². The van der Waals surface area contributed by atoms with Gasteiger partial charge in [0.15, 0.2) is 11.5 Å². The second kappa shape index (κ2) is 5.87. The zero-order valence-electron chi connectivity index (χ0n) is 12.7. The van der Waals surface area contributed by atoms with Crippen molar-refractivity contribution in [1.29, 1.82) is 0 Å². The fraction of sp³-hybridized carbons (Fsp3) is 0.667. The number of nitrogens with one attached hydrogen (secondary N) is 1. The highest BCUT2D eigenvalue weighted by Crippen LogP contribution is 2.38. The van der Waals surface area contributed by atoms with Crippen LogP contribution in [-0.4, -0.2) is 32.9 Å². The SMILES string of the molecule is C#CCCC1(CCNC(=O)Cc2nc(C3CC3)nn2C)N=N1. The number of hydrogen-bond acceptors (Lipinski definition) is 5. The van der Waals surface area contributed by atoms with Crippen LogP contribution in [0, 0.1) is 12.3 Å². The van der Waals surface area contributed by atoms with E-state index in [-0.39, 0.29) is 18.0 Å². The number of terminal acetylenes is 1. The third kappa shape index (κ3) is 3.50. The molecule has 1 aromatic heterocycles. The van der Waals surface area contributed by atoms with Gasteiger partial charge in [-0.2, -0.15) is 15.3 Å². The molecule has 116 valence electrons. The number of rotatable bonds is 8. The normalized spacial score (nSPS) is 18.0. The molecule has 0 aromatic carbocycles. The molecule has 0 atom stereocenters. The largest absolute Gasteiger partial charge is 0.356 e. The Morgan fingerprint density at radius 2 is 2.23 bits per heavy atom. The minimum absolute atomic E-state index is 0.0504. The molecule has 1 aliphatic heterocycles. The fourth-order valence-electron chi connectivity index (χ4n) is 2.38. The molecule has 0 spiro atoms. The van der Waals surface area contributed by atoms with Crippen molar-refractivity contribution in [2.45, 2.75) is 50.1 Å². The molecule has 1 aromatic rings. The summed E-state index contributed by atoms with van der Waals surface area (Å²) in [5.74, 6) is 4.62. The molecule has 1 fully saturated rings. The van der Waals surface area contributed by atoms with E-state index in [2.05, 4.69) is 31.5 Å². The summed E-state index contributed by atoms with van der Waals surface area (Å²) in [4.78, 5) is 16.4. The molecule has 1 saturated carbocycles. The molecular weight excluding hydrogens is 280 g/mol. The van der Waals surface area contributed by atoms with Crippen molar-refractivity contribution in [3.63, 3.8) is 0 Å². The standard InChI is InChI=1S/C15H20N6O/c1-3-4-7-15(19-20-15)8-9-16-13(22)10-12-17-14(11-5-6-11)18-21(12)2/h1,11H,4-10H2,2H3,(H,16,22). The van der Waals surface area contributed by atoms with Gasteiger partial charge < -0.3 is 5.32 Å². The summed E-state index contributed by atoms with van der Waals surface area (Å²) in [7, 11) is 1.83. The van der Waals surface area contributed by atoms with E-state index in [1.807, 2.05) is 7.05 Å². The number of nitrogens with zero attached hydrogens (tertiary/aromatic N) is 5. The Balaban J connectivity index is 1.42. The summed E-state index contributed by atoms with van der Waals surface area (Å²) in [5, 5.41) is 15.4. The van der Waals surface area contributed by atoms with Gasteiger partial charge in [-0.25, -0.2) is 4.98 Å². The van der Waals surface area contributed by atoms with Crippen molar-refractivity contribution in [3.8, 4) is 12.3 Å². The molecule has 0 saturated heterocycles. The Morgan fingerprint density at radius 1 is 1.45 bits per heavy atom. The number of aromatic nitrogens is 3. The average molecular weight is 300 g/mol. The van der Waals surface area contributed by atoms with Crippen LogP contribution in [0.25, 0.3) is 0 Å². The number of carbonyl (C=O) groups excluding carboxylic acids is 1. The van der Waals surface area contributed by atoms with Gasteiger partial charge in [-0.3, -0.25) is 9.48 Å². The lowest BCUT2D eigenvalue weighted by Gasteiger charge is -2.09. The summed E-state index contributed by atoms with van der Waals surface area (Å²) in [6, 6.07) is 0. The van der Waals surface area contributed by atoms with Crippen LogP contribution in [-0.2, 0) is 18.3 Å². The zero-order chi connectivity index (χ0) is 15.6. The topological polar surface area (TPSA) is 84.5 Å². The van der Waals surface area contributed by atoms with Crippen molar-refractivity contribution in [2.24, 2.45) is 17.3 Å². The van der Waals surface area contributed by atoms with Crippen LogP contribution in [0.15, 0.2) is 10.2 Å². The van der Waals surface area contributed by atoms with E-state index in [9.17, 15) is 4.79 Å². The zero-order valence-corrected chi connectivity index (χ0v) is 12.7. The highest BCUT2D eigenvalue weighted by Gasteiger charge is 2.38. The van der Waals surface area contributed by atoms with E-state index in [1.165, 1.54) is 0 Å². The van der Waals surface area contributed by atoms with E-state index in [0.29, 0.717) is 31.1 Å². The minimum Gasteiger partial charge on any atom is -0.356 e. The van der Waals surface area contributed by atoms with Gasteiger partial charge in [0, 0.05) is 38.8 Å². The summed E-state index contributed by atoms with van der Waals surface area (Å²) in [6.45, 7) is 0.545. The maximum absolute atomic E-state index is 12.0. The lowest BCUT2D eigenvalue weighted by molar-refractivity contribution is -0.120. The molecule has 0 bridgehead atoms. The summed E-state index contributed by atoms with van der Waals surface area (Å²) in [5.41, 5.74) is -0.344. The van der Waals surface area contributed by atoms with Gasteiger partial charge in [0.2, 0.25) is 5.91 Å². The van der Waals surface area contributed by atoms with Crippen LogP contribution in [0.3, 0.4) is 0 Å². The highest BCUT2D eigenvalue weighted by molar-refractivity contribution is 5.77. The average Bonchev–Trinajstić information content (AvgIpc) is 3.40. The van der Waals surface area contributed by atoms with E-state index >= 15 is 0 Å². The second-order valence-electron chi connectivity index (χ2n) is 5.95. The fourth-order valence-corrected chi connectivity index (χ4v) is 2.38. The first-order chi connectivity index (χ1) is 10.6. The molecule has 7 nitrogen and oxygen atoms in total. The first-order valence-electron chi connectivity index (χ1n) is 7.66. The lowest BCUT2D eigenvalue weighted by Crippen LogP contribution is -2.30. The molecule has 1 amide bonds. The predicted octanol–water partition coefficient (Wildman–Crippen LogP) is 1.32. The second-order valence-corrected chi connectivity index (χ2v) is 5.95. The molecule has 2 heterocycles. The van der Waals surface area contributed by atoms with Gasteiger partial charge in [-0.05, 0) is 12.8 Å². The highest BCUT2D eigenvalue weighted by atomic mass is 16.1. The van der Waals surface area contributed by atoms with E-state index in [0.717, 1.165) is 25.1 Å². The Bertz CT molecular complexity index is 631. The van der Waals surface area contributed by atoms with Crippen molar-refractivity contribution in [1.82, 2.24) is 20.1 Å². The van der Waals surface area contributed by atoms with Crippen molar-refractivity contribution < 1.29 is 4.79 Å². The Hall–Kier alpha value is -2.23. The Labute approximate surface area is 129 Å². The monoisotopic (exact) mass is 300 g/mol. The first kappa shape index (κ1) is 14.7. The van der Waals surface area contributed by atoms with Gasteiger partial charge in [0.1, 0.15) is 5.82 Å². The molecule has 0 unspecified atom stereocenters.